The Morgan fingerprint density at radius 2 is 1.66 bits per heavy atom. The lowest BCUT2D eigenvalue weighted by Crippen LogP contribution is -2.44. The van der Waals surface area contributed by atoms with Crippen LogP contribution < -0.4 is 15.0 Å². The summed E-state index contributed by atoms with van der Waals surface area (Å²) >= 11 is 0. The third-order valence-corrected chi connectivity index (χ3v) is 6.19. The summed E-state index contributed by atoms with van der Waals surface area (Å²) in [5.41, 5.74) is 4.93. The summed E-state index contributed by atoms with van der Waals surface area (Å²) in [6, 6.07) is 32.3. The van der Waals surface area contributed by atoms with Gasteiger partial charge in [0.2, 0.25) is 0 Å². The SMILES string of the molecule is C[C@@H](NCC1CN(C)c2cc(-c3ccccc3)ccc2O1)c1cccc2ccccc12.Cl. The average Bonchev–Trinajstić information content (AvgIpc) is 2.82. The molecule has 0 aromatic heterocycles. The Kier molecular flexibility index (Phi) is 6.69. The molecule has 32 heavy (non-hydrogen) atoms. The monoisotopic (exact) mass is 444 g/mol. The minimum atomic E-state index is 0. The van der Waals surface area contributed by atoms with Gasteiger partial charge in [0.1, 0.15) is 11.9 Å². The molecule has 4 heteroatoms. The van der Waals surface area contributed by atoms with Crippen molar-refractivity contribution in [1.82, 2.24) is 5.32 Å². The van der Waals surface area contributed by atoms with Crippen LogP contribution in [0.15, 0.2) is 91.0 Å². The van der Waals surface area contributed by atoms with Crippen LogP contribution >= 0.6 is 12.4 Å². The number of halogens is 1. The highest BCUT2D eigenvalue weighted by Gasteiger charge is 2.24. The molecule has 0 bridgehead atoms. The third-order valence-electron chi connectivity index (χ3n) is 6.19. The summed E-state index contributed by atoms with van der Waals surface area (Å²) in [4.78, 5) is 2.31. The van der Waals surface area contributed by atoms with E-state index in [1.54, 1.807) is 0 Å². The smallest absolute Gasteiger partial charge is 0.143 e. The third kappa shape index (κ3) is 4.45. The lowest BCUT2D eigenvalue weighted by Gasteiger charge is -2.35. The summed E-state index contributed by atoms with van der Waals surface area (Å²) in [6.07, 6.45) is 0.109. The van der Waals surface area contributed by atoms with Crippen LogP contribution in [0.1, 0.15) is 18.5 Å². The van der Waals surface area contributed by atoms with E-state index in [1.165, 1.54) is 27.5 Å². The molecule has 4 aromatic carbocycles. The fraction of sp³-hybridized carbons (Fsp3) is 0.214. The summed E-state index contributed by atoms with van der Waals surface area (Å²) < 4.78 is 6.36. The molecule has 1 N–H and O–H groups in total. The van der Waals surface area contributed by atoms with Crippen LogP contribution in [0.2, 0.25) is 0 Å². The molecule has 4 aromatic rings. The maximum absolute atomic E-state index is 6.36. The second kappa shape index (κ2) is 9.64. The van der Waals surface area contributed by atoms with Crippen LogP contribution in [0, 0.1) is 0 Å². The lowest BCUT2D eigenvalue weighted by molar-refractivity contribution is 0.188. The minimum Gasteiger partial charge on any atom is -0.485 e. The molecule has 0 saturated heterocycles. The van der Waals surface area contributed by atoms with E-state index in [2.05, 4.69) is 109 Å². The summed E-state index contributed by atoms with van der Waals surface area (Å²) in [6.45, 7) is 3.89. The Labute approximate surface area is 196 Å². The number of likely N-dealkylation sites (N-methyl/N-ethyl adjacent to an activating group) is 1. The Hall–Kier alpha value is -3.01. The Morgan fingerprint density at radius 3 is 2.50 bits per heavy atom. The Balaban J connectivity index is 0.00000245. The molecule has 1 aliphatic heterocycles. The molecule has 164 valence electrons. The second-order valence-corrected chi connectivity index (χ2v) is 8.37. The van der Waals surface area contributed by atoms with Crippen LogP contribution in [0.3, 0.4) is 0 Å². The fourth-order valence-corrected chi connectivity index (χ4v) is 4.50. The summed E-state index contributed by atoms with van der Waals surface area (Å²) in [5.74, 6) is 0.957. The van der Waals surface area contributed by atoms with Crippen molar-refractivity contribution in [2.75, 3.05) is 25.0 Å². The molecule has 0 fully saturated rings. The van der Waals surface area contributed by atoms with Crippen LogP contribution in [-0.2, 0) is 0 Å². The molecule has 5 rings (SSSR count). The van der Waals surface area contributed by atoms with Crippen molar-refractivity contribution in [2.24, 2.45) is 0 Å². The highest BCUT2D eigenvalue weighted by Crippen LogP contribution is 2.36. The van der Waals surface area contributed by atoms with Crippen molar-refractivity contribution < 1.29 is 4.74 Å². The van der Waals surface area contributed by atoms with Gasteiger partial charge >= 0.3 is 0 Å². The van der Waals surface area contributed by atoms with E-state index in [9.17, 15) is 0 Å². The van der Waals surface area contributed by atoms with E-state index in [1.807, 2.05) is 6.07 Å². The molecule has 1 heterocycles. The van der Waals surface area contributed by atoms with Gasteiger partial charge in [-0.15, -0.1) is 12.4 Å². The first-order valence-electron chi connectivity index (χ1n) is 11.0. The van der Waals surface area contributed by atoms with E-state index >= 15 is 0 Å². The first-order chi connectivity index (χ1) is 15.2. The molecule has 0 spiro atoms. The van der Waals surface area contributed by atoms with E-state index in [0.717, 1.165) is 24.5 Å². The maximum atomic E-state index is 6.36. The Morgan fingerprint density at radius 1 is 0.906 bits per heavy atom. The number of nitrogens with zero attached hydrogens (tertiary/aromatic N) is 1. The second-order valence-electron chi connectivity index (χ2n) is 8.37. The predicted molar refractivity (Wildman–Crippen MR) is 137 cm³/mol. The first-order valence-corrected chi connectivity index (χ1v) is 11.0. The summed E-state index contributed by atoms with van der Waals surface area (Å²) in [7, 11) is 2.15. The van der Waals surface area contributed by atoms with Gasteiger partial charge < -0.3 is 15.0 Å². The van der Waals surface area contributed by atoms with Gasteiger partial charge in [0.15, 0.2) is 0 Å². The number of fused-ring (bicyclic) bond motifs is 2. The number of ether oxygens (including phenoxy) is 1. The minimum absolute atomic E-state index is 0. The number of hydrogen-bond acceptors (Lipinski definition) is 3. The molecule has 1 unspecified atom stereocenters. The molecule has 0 aliphatic carbocycles. The van der Waals surface area contributed by atoms with E-state index < -0.39 is 0 Å². The first kappa shape index (κ1) is 22.2. The van der Waals surface area contributed by atoms with Gasteiger partial charge in [0, 0.05) is 19.6 Å². The van der Waals surface area contributed by atoms with Crippen molar-refractivity contribution in [3.63, 3.8) is 0 Å². The van der Waals surface area contributed by atoms with E-state index in [-0.39, 0.29) is 24.6 Å². The van der Waals surface area contributed by atoms with Crippen molar-refractivity contribution in [3.8, 4) is 16.9 Å². The highest BCUT2D eigenvalue weighted by molar-refractivity contribution is 5.86. The van der Waals surface area contributed by atoms with Crippen molar-refractivity contribution in [3.05, 3.63) is 96.6 Å². The quantitative estimate of drug-likeness (QED) is 0.381. The van der Waals surface area contributed by atoms with E-state index in [4.69, 9.17) is 4.74 Å². The number of nitrogens with one attached hydrogen (secondary N) is 1. The van der Waals surface area contributed by atoms with Crippen LogP contribution in [0.5, 0.6) is 5.75 Å². The van der Waals surface area contributed by atoms with Gasteiger partial charge in [-0.05, 0) is 46.5 Å². The van der Waals surface area contributed by atoms with Crippen LogP contribution in [0.4, 0.5) is 5.69 Å². The molecule has 0 radical (unpaired) electrons. The molecular formula is C28H29ClN2O. The van der Waals surface area contributed by atoms with Crippen LogP contribution in [0.25, 0.3) is 21.9 Å². The number of benzene rings is 4. The van der Waals surface area contributed by atoms with Gasteiger partial charge in [0.25, 0.3) is 0 Å². The molecule has 2 atom stereocenters. The van der Waals surface area contributed by atoms with Crippen molar-refractivity contribution >= 4 is 28.9 Å². The van der Waals surface area contributed by atoms with Gasteiger partial charge in [-0.2, -0.15) is 0 Å². The van der Waals surface area contributed by atoms with Gasteiger partial charge in [-0.25, -0.2) is 0 Å². The molecule has 3 nitrogen and oxygen atoms in total. The van der Waals surface area contributed by atoms with Crippen molar-refractivity contribution in [2.45, 2.75) is 19.1 Å². The maximum Gasteiger partial charge on any atom is 0.143 e. The zero-order chi connectivity index (χ0) is 21.2. The molecule has 1 aliphatic rings. The zero-order valence-electron chi connectivity index (χ0n) is 18.5. The van der Waals surface area contributed by atoms with Crippen molar-refractivity contribution in [1.29, 1.82) is 0 Å². The fourth-order valence-electron chi connectivity index (χ4n) is 4.50. The van der Waals surface area contributed by atoms with Gasteiger partial charge in [-0.1, -0.05) is 78.9 Å². The topological polar surface area (TPSA) is 24.5 Å². The number of anilines is 1. The highest BCUT2D eigenvalue weighted by atomic mass is 35.5. The zero-order valence-corrected chi connectivity index (χ0v) is 19.3. The molecule has 0 saturated carbocycles. The number of rotatable bonds is 5. The normalized spacial score (nSPS) is 16.1. The van der Waals surface area contributed by atoms with Gasteiger partial charge in [0.05, 0.1) is 12.2 Å². The van der Waals surface area contributed by atoms with Gasteiger partial charge in [-0.3, -0.25) is 0 Å². The van der Waals surface area contributed by atoms with Crippen LogP contribution in [-0.4, -0.2) is 26.2 Å². The molecule has 0 amide bonds. The largest absolute Gasteiger partial charge is 0.485 e. The number of hydrogen-bond donors (Lipinski definition) is 1. The predicted octanol–water partition coefficient (Wildman–Crippen LogP) is 6.48. The van der Waals surface area contributed by atoms with E-state index in [0.29, 0.717) is 0 Å². The standard InChI is InChI=1S/C28H28N2O.ClH/c1-20(25-14-8-12-22-11-6-7-13-26(22)25)29-18-24-19-30(2)27-17-23(15-16-28(27)31-24)21-9-4-3-5-10-21;/h3-17,20,24,29H,18-19H2,1-2H3;1H/t20-,24?;/m1./s1. The summed E-state index contributed by atoms with van der Waals surface area (Å²) in [5, 5.41) is 6.29. The molecular weight excluding hydrogens is 416 g/mol. The lowest BCUT2D eigenvalue weighted by atomic mass is 9.99. The average molecular weight is 445 g/mol. The Bertz CT molecular complexity index is 1190.